The second-order valence-electron chi connectivity index (χ2n) is 9.55. The molecule has 8 nitrogen and oxygen atoms in total. The highest BCUT2D eigenvalue weighted by molar-refractivity contribution is 9.09. The molecule has 1 aromatic heterocycles. The zero-order valence-corrected chi connectivity index (χ0v) is 19.9. The van der Waals surface area contributed by atoms with Gasteiger partial charge in [0.1, 0.15) is 11.4 Å². The van der Waals surface area contributed by atoms with Crippen molar-refractivity contribution < 1.29 is 37.8 Å². The SMILES string of the molecule is COC(=O)[C@@H]1C[C@H](OC(=O)CBr)C(=O)[C@H]2[C@@]1(C)CC[C@H]1C(=O)O[C@H](c3ccoc3)C[C@]21C. The summed E-state index contributed by atoms with van der Waals surface area (Å²) in [6, 6.07) is 1.74. The van der Waals surface area contributed by atoms with E-state index in [0.29, 0.717) is 19.3 Å². The van der Waals surface area contributed by atoms with Crippen LogP contribution >= 0.6 is 15.9 Å². The van der Waals surface area contributed by atoms with Gasteiger partial charge in [0.25, 0.3) is 0 Å². The summed E-state index contributed by atoms with van der Waals surface area (Å²) in [6.07, 6.45) is 2.90. The first-order chi connectivity index (χ1) is 15.2. The average molecular weight is 511 g/mol. The summed E-state index contributed by atoms with van der Waals surface area (Å²) in [5, 5.41) is -0.0591. The number of esters is 3. The second-order valence-corrected chi connectivity index (χ2v) is 10.1. The fourth-order valence-corrected chi connectivity index (χ4v) is 6.59. The van der Waals surface area contributed by atoms with E-state index >= 15 is 0 Å². The Morgan fingerprint density at radius 1 is 1.25 bits per heavy atom. The van der Waals surface area contributed by atoms with Crippen molar-refractivity contribution >= 4 is 39.6 Å². The Kier molecular flexibility index (Phi) is 5.98. The molecule has 4 rings (SSSR count). The lowest BCUT2D eigenvalue weighted by Gasteiger charge is -2.61. The first-order valence-electron chi connectivity index (χ1n) is 10.7. The molecule has 2 saturated carbocycles. The van der Waals surface area contributed by atoms with Crippen LogP contribution in [0.3, 0.4) is 0 Å². The highest BCUT2D eigenvalue weighted by Crippen LogP contribution is 2.65. The molecule has 32 heavy (non-hydrogen) atoms. The number of alkyl halides is 1. The average Bonchev–Trinajstić information content (AvgIpc) is 3.29. The van der Waals surface area contributed by atoms with Crippen LogP contribution in [0.2, 0.25) is 0 Å². The number of fused-ring (bicyclic) bond motifs is 3. The maximum Gasteiger partial charge on any atom is 0.317 e. The quantitative estimate of drug-likeness (QED) is 0.344. The van der Waals surface area contributed by atoms with E-state index in [0.717, 1.165) is 5.56 Å². The third-order valence-corrected chi connectivity index (χ3v) is 8.34. The van der Waals surface area contributed by atoms with Crippen LogP contribution in [0.1, 0.15) is 51.2 Å². The van der Waals surface area contributed by atoms with E-state index < -0.39 is 52.7 Å². The molecule has 0 bridgehead atoms. The number of ether oxygens (including phenoxy) is 3. The summed E-state index contributed by atoms with van der Waals surface area (Å²) in [5.74, 6) is -3.40. The number of methoxy groups -OCH3 is 1. The monoisotopic (exact) mass is 510 g/mol. The molecule has 2 heterocycles. The first kappa shape index (κ1) is 23.0. The molecule has 174 valence electrons. The summed E-state index contributed by atoms with van der Waals surface area (Å²) in [6.45, 7) is 3.85. The molecule has 1 aromatic rings. The molecule has 0 spiro atoms. The molecule has 1 aliphatic heterocycles. The van der Waals surface area contributed by atoms with Crippen molar-refractivity contribution in [2.45, 2.75) is 51.7 Å². The molecule has 0 N–H and O–H groups in total. The lowest BCUT2D eigenvalue weighted by Crippen LogP contribution is -2.64. The Hall–Kier alpha value is -2.16. The number of hydrogen-bond acceptors (Lipinski definition) is 8. The number of rotatable bonds is 4. The standard InChI is InChI=1S/C23H27BrO8/c1-22-6-4-13-21(28)32-16(12-5-7-30-11-12)9-23(13,2)19(22)18(26)15(31-17(25)10-24)8-14(22)20(27)29-3/h5,7,11,13-16,19H,4,6,8-10H2,1-3H3/t13-,14-,15-,16-,19-,22-,23-/m0/s1. The minimum atomic E-state index is -1.07. The van der Waals surface area contributed by atoms with E-state index in [1.54, 1.807) is 6.07 Å². The van der Waals surface area contributed by atoms with Crippen molar-refractivity contribution in [3.8, 4) is 0 Å². The number of Topliss-reactive ketones (excluding diaryl/α,β-unsaturated/α-hetero) is 1. The molecule has 0 unspecified atom stereocenters. The van der Waals surface area contributed by atoms with Crippen molar-refractivity contribution in [2.24, 2.45) is 28.6 Å². The fraction of sp³-hybridized carbons (Fsp3) is 0.652. The molecule has 0 radical (unpaired) electrons. The summed E-state index contributed by atoms with van der Waals surface area (Å²) in [5.41, 5.74) is -0.793. The van der Waals surface area contributed by atoms with Gasteiger partial charge in [-0.25, -0.2) is 0 Å². The summed E-state index contributed by atoms with van der Waals surface area (Å²) in [7, 11) is 1.32. The summed E-state index contributed by atoms with van der Waals surface area (Å²) < 4.78 is 21.4. The number of ketones is 1. The Morgan fingerprint density at radius 3 is 2.62 bits per heavy atom. The van der Waals surface area contributed by atoms with Gasteiger partial charge in [-0.3, -0.25) is 19.2 Å². The van der Waals surface area contributed by atoms with E-state index in [1.807, 2.05) is 13.8 Å². The third kappa shape index (κ3) is 3.49. The van der Waals surface area contributed by atoms with E-state index in [-0.39, 0.29) is 23.5 Å². The van der Waals surface area contributed by atoms with Crippen LogP contribution in [0.25, 0.3) is 0 Å². The topological polar surface area (TPSA) is 109 Å². The van der Waals surface area contributed by atoms with Crippen molar-refractivity contribution in [1.82, 2.24) is 0 Å². The largest absolute Gasteiger partial charge is 0.472 e. The number of carbonyl (C=O) groups excluding carboxylic acids is 4. The predicted molar refractivity (Wildman–Crippen MR) is 113 cm³/mol. The predicted octanol–water partition coefficient (Wildman–Crippen LogP) is 3.38. The minimum Gasteiger partial charge on any atom is -0.472 e. The van der Waals surface area contributed by atoms with Gasteiger partial charge in [-0.15, -0.1) is 0 Å². The Balaban J connectivity index is 1.78. The van der Waals surface area contributed by atoms with Crippen LogP contribution in [0.4, 0.5) is 0 Å². The summed E-state index contributed by atoms with van der Waals surface area (Å²) >= 11 is 3.05. The van der Waals surface area contributed by atoms with Crippen LogP contribution in [0, 0.1) is 28.6 Å². The van der Waals surface area contributed by atoms with Gasteiger partial charge in [0.2, 0.25) is 0 Å². The zero-order valence-electron chi connectivity index (χ0n) is 18.3. The van der Waals surface area contributed by atoms with Gasteiger partial charge in [-0.2, -0.15) is 0 Å². The molecule has 7 atom stereocenters. The van der Waals surface area contributed by atoms with Gasteiger partial charge >= 0.3 is 17.9 Å². The Morgan fingerprint density at radius 2 is 2.00 bits per heavy atom. The lowest BCUT2D eigenvalue weighted by molar-refractivity contribution is -0.210. The summed E-state index contributed by atoms with van der Waals surface area (Å²) in [4.78, 5) is 51.7. The third-order valence-electron chi connectivity index (χ3n) is 7.89. The van der Waals surface area contributed by atoms with E-state index in [4.69, 9.17) is 18.6 Å². The van der Waals surface area contributed by atoms with Crippen LogP contribution in [-0.2, 0) is 33.4 Å². The van der Waals surface area contributed by atoms with Crippen molar-refractivity contribution in [3.63, 3.8) is 0 Å². The minimum absolute atomic E-state index is 0.0591. The van der Waals surface area contributed by atoms with Gasteiger partial charge in [-0.05, 0) is 36.2 Å². The molecular formula is C23H27BrO8. The van der Waals surface area contributed by atoms with E-state index in [1.165, 1.54) is 19.6 Å². The molecule has 1 saturated heterocycles. The van der Waals surface area contributed by atoms with Gasteiger partial charge in [-0.1, -0.05) is 29.8 Å². The van der Waals surface area contributed by atoms with E-state index in [9.17, 15) is 19.2 Å². The van der Waals surface area contributed by atoms with E-state index in [2.05, 4.69) is 15.9 Å². The number of cyclic esters (lactones) is 1. The molecule has 0 aromatic carbocycles. The maximum atomic E-state index is 13.8. The molecular weight excluding hydrogens is 484 g/mol. The smallest absolute Gasteiger partial charge is 0.317 e. The van der Waals surface area contributed by atoms with Crippen LogP contribution < -0.4 is 0 Å². The molecule has 3 fully saturated rings. The van der Waals surface area contributed by atoms with Crippen molar-refractivity contribution in [3.05, 3.63) is 24.2 Å². The second kappa shape index (κ2) is 8.32. The number of hydrogen-bond donors (Lipinski definition) is 0. The zero-order chi connectivity index (χ0) is 23.3. The Bertz CT molecular complexity index is 926. The fourth-order valence-electron chi connectivity index (χ4n) is 6.45. The Labute approximate surface area is 194 Å². The maximum absolute atomic E-state index is 13.8. The van der Waals surface area contributed by atoms with Crippen molar-refractivity contribution in [1.29, 1.82) is 0 Å². The molecule has 3 aliphatic rings. The van der Waals surface area contributed by atoms with Gasteiger partial charge in [0.05, 0.1) is 31.5 Å². The normalized spacial score (nSPS) is 38.8. The van der Waals surface area contributed by atoms with Crippen molar-refractivity contribution in [2.75, 3.05) is 12.4 Å². The molecule has 0 amide bonds. The van der Waals surface area contributed by atoms with Gasteiger partial charge in [0.15, 0.2) is 11.9 Å². The van der Waals surface area contributed by atoms with Crippen LogP contribution in [0.15, 0.2) is 23.0 Å². The van der Waals surface area contributed by atoms with Crippen LogP contribution in [-0.4, -0.2) is 42.2 Å². The first-order valence-corrected chi connectivity index (χ1v) is 11.9. The van der Waals surface area contributed by atoms with Crippen LogP contribution in [0.5, 0.6) is 0 Å². The number of halogens is 1. The molecule has 9 heteroatoms. The highest BCUT2D eigenvalue weighted by Gasteiger charge is 2.67. The number of carbonyl (C=O) groups is 4. The highest BCUT2D eigenvalue weighted by atomic mass is 79.9. The lowest BCUT2D eigenvalue weighted by atomic mass is 9.43. The van der Waals surface area contributed by atoms with Gasteiger partial charge in [0, 0.05) is 17.9 Å². The number of furan rings is 1. The molecule has 2 aliphatic carbocycles. The van der Waals surface area contributed by atoms with Gasteiger partial charge < -0.3 is 18.6 Å².